The quantitative estimate of drug-likeness (QED) is 0.810. The maximum atomic E-state index is 3.58. The monoisotopic (exact) mass is 215 g/mol. The maximum Gasteiger partial charge on any atom is 0.0375 e. The molecule has 2 heterocycles. The minimum absolute atomic E-state index is 0.584. The number of hydrogen-bond acceptors (Lipinski definition) is 2. The average molecular weight is 215 g/mol. The number of rotatable bonds is 2. The Morgan fingerprint density at radius 1 is 1.20 bits per heavy atom. The minimum atomic E-state index is 0.584. The van der Waals surface area contributed by atoms with E-state index in [9.17, 15) is 0 Å². The molecule has 0 radical (unpaired) electrons. The van der Waals surface area contributed by atoms with Gasteiger partial charge in [-0.3, -0.25) is 0 Å². The second-order valence-electron chi connectivity index (χ2n) is 3.99. The lowest BCUT2D eigenvalue weighted by atomic mass is 10.1. The van der Waals surface area contributed by atoms with Crippen molar-refractivity contribution in [3.05, 3.63) is 52.2 Å². The topological polar surface area (TPSA) is 12.0 Å². The molecule has 0 spiro atoms. The van der Waals surface area contributed by atoms with Crippen molar-refractivity contribution in [2.45, 2.75) is 18.9 Å². The lowest BCUT2D eigenvalue weighted by Gasteiger charge is -2.09. The summed E-state index contributed by atoms with van der Waals surface area (Å²) in [6, 6.07) is 13.5. The van der Waals surface area contributed by atoms with Gasteiger partial charge >= 0.3 is 0 Å². The number of fused-ring (bicyclic) bond motifs is 1. The van der Waals surface area contributed by atoms with Gasteiger partial charge in [0.25, 0.3) is 0 Å². The molecular formula is C13H13NS. The van der Waals surface area contributed by atoms with Crippen molar-refractivity contribution >= 4 is 17.0 Å². The molecule has 1 atom stereocenters. The molecule has 2 heteroatoms. The zero-order chi connectivity index (χ0) is 10.1. The summed E-state index contributed by atoms with van der Waals surface area (Å²) < 4.78 is 0. The molecule has 1 aromatic carbocycles. The number of benzene rings is 1. The van der Waals surface area contributed by atoms with Crippen molar-refractivity contribution in [3.8, 4) is 0 Å². The van der Waals surface area contributed by atoms with Gasteiger partial charge < -0.3 is 5.32 Å². The molecule has 0 fully saturated rings. The summed E-state index contributed by atoms with van der Waals surface area (Å²) in [7, 11) is 0. The highest BCUT2D eigenvalue weighted by molar-refractivity contribution is 7.09. The fourth-order valence-corrected chi connectivity index (χ4v) is 2.96. The summed E-state index contributed by atoms with van der Waals surface area (Å²) in [4.78, 5) is 1.47. The van der Waals surface area contributed by atoms with Crippen LogP contribution in [0, 0.1) is 0 Å². The number of hydrogen-bond donors (Lipinski definition) is 1. The van der Waals surface area contributed by atoms with Gasteiger partial charge in [-0.25, -0.2) is 0 Å². The molecule has 15 heavy (non-hydrogen) atoms. The second-order valence-corrected chi connectivity index (χ2v) is 5.02. The van der Waals surface area contributed by atoms with Crippen molar-refractivity contribution in [2.24, 2.45) is 0 Å². The van der Waals surface area contributed by atoms with Crippen LogP contribution in [0.5, 0.6) is 0 Å². The Hall–Kier alpha value is -1.28. The molecule has 76 valence electrons. The first-order chi connectivity index (χ1) is 7.42. The Balaban J connectivity index is 1.74. The molecule has 1 aliphatic rings. The second kappa shape index (κ2) is 3.70. The Labute approximate surface area is 93.8 Å². The van der Waals surface area contributed by atoms with Gasteiger partial charge in [-0.2, -0.15) is 0 Å². The Morgan fingerprint density at radius 3 is 2.93 bits per heavy atom. The van der Waals surface area contributed by atoms with Crippen LogP contribution in [0.4, 0.5) is 5.69 Å². The van der Waals surface area contributed by atoms with Crippen LogP contribution in [-0.4, -0.2) is 6.04 Å². The van der Waals surface area contributed by atoms with Gasteiger partial charge in [-0.15, -0.1) is 11.3 Å². The standard InChI is InChI=1S/C13H13NS/c1-2-6-13-10(4-1)8-11(14-13)9-12-5-3-7-15-12/h1-7,11,14H,8-9H2. The molecule has 0 aliphatic carbocycles. The fourth-order valence-electron chi connectivity index (χ4n) is 2.17. The smallest absolute Gasteiger partial charge is 0.0375 e. The van der Waals surface area contributed by atoms with Gasteiger partial charge in [-0.05, 0) is 29.5 Å². The maximum absolute atomic E-state index is 3.58. The van der Waals surface area contributed by atoms with Gasteiger partial charge in [-0.1, -0.05) is 24.3 Å². The number of nitrogens with one attached hydrogen (secondary N) is 1. The predicted octanol–water partition coefficient (Wildman–Crippen LogP) is 3.33. The third-order valence-corrected chi connectivity index (χ3v) is 3.77. The van der Waals surface area contributed by atoms with Gasteiger partial charge in [0.2, 0.25) is 0 Å². The molecule has 2 aromatic rings. The van der Waals surface area contributed by atoms with Crippen LogP contribution in [0.1, 0.15) is 10.4 Å². The molecule has 1 nitrogen and oxygen atoms in total. The van der Waals surface area contributed by atoms with Crippen molar-refractivity contribution in [1.29, 1.82) is 0 Å². The highest BCUT2D eigenvalue weighted by Gasteiger charge is 2.19. The Morgan fingerprint density at radius 2 is 2.13 bits per heavy atom. The Bertz CT molecular complexity index is 420. The molecule has 0 saturated heterocycles. The Kier molecular flexibility index (Phi) is 2.22. The van der Waals surface area contributed by atoms with Crippen LogP contribution in [0.3, 0.4) is 0 Å². The average Bonchev–Trinajstić information content (AvgIpc) is 2.86. The summed E-state index contributed by atoms with van der Waals surface area (Å²) >= 11 is 1.85. The van der Waals surface area contributed by atoms with Crippen LogP contribution in [-0.2, 0) is 12.8 Å². The first-order valence-electron chi connectivity index (χ1n) is 5.28. The first kappa shape index (κ1) is 8.98. The number of para-hydroxylation sites is 1. The van der Waals surface area contributed by atoms with Crippen LogP contribution in [0.2, 0.25) is 0 Å². The van der Waals surface area contributed by atoms with Crippen molar-refractivity contribution in [2.75, 3.05) is 5.32 Å². The molecular weight excluding hydrogens is 202 g/mol. The van der Waals surface area contributed by atoms with E-state index >= 15 is 0 Å². The highest BCUT2D eigenvalue weighted by atomic mass is 32.1. The zero-order valence-electron chi connectivity index (χ0n) is 8.44. The molecule has 3 rings (SSSR count). The molecule has 0 amide bonds. The summed E-state index contributed by atoms with van der Waals surface area (Å²) in [6.07, 6.45) is 2.31. The van der Waals surface area contributed by atoms with E-state index in [1.54, 1.807) is 0 Å². The lowest BCUT2D eigenvalue weighted by molar-refractivity contribution is 0.755. The van der Waals surface area contributed by atoms with Gasteiger partial charge in [0.05, 0.1) is 0 Å². The van der Waals surface area contributed by atoms with Crippen LogP contribution in [0.25, 0.3) is 0 Å². The molecule has 1 aromatic heterocycles. The highest BCUT2D eigenvalue weighted by Crippen LogP contribution is 2.27. The van der Waals surface area contributed by atoms with Crippen molar-refractivity contribution < 1.29 is 0 Å². The van der Waals surface area contributed by atoms with Gasteiger partial charge in [0, 0.05) is 23.0 Å². The molecule has 1 aliphatic heterocycles. The van der Waals surface area contributed by atoms with E-state index in [2.05, 4.69) is 47.1 Å². The van der Waals surface area contributed by atoms with E-state index in [1.165, 1.54) is 16.1 Å². The van der Waals surface area contributed by atoms with E-state index in [0.717, 1.165) is 12.8 Å². The number of anilines is 1. The molecule has 1 N–H and O–H groups in total. The summed E-state index contributed by atoms with van der Waals surface area (Å²) in [6.45, 7) is 0. The SMILES string of the molecule is c1csc(CC2Cc3ccccc3N2)c1. The van der Waals surface area contributed by atoms with Crippen molar-refractivity contribution in [1.82, 2.24) is 0 Å². The normalized spacial score (nSPS) is 18.5. The van der Waals surface area contributed by atoms with Crippen molar-refractivity contribution in [3.63, 3.8) is 0 Å². The zero-order valence-corrected chi connectivity index (χ0v) is 9.26. The largest absolute Gasteiger partial charge is 0.381 e. The fraction of sp³-hybridized carbons (Fsp3) is 0.231. The first-order valence-corrected chi connectivity index (χ1v) is 6.16. The minimum Gasteiger partial charge on any atom is -0.381 e. The third-order valence-electron chi connectivity index (χ3n) is 2.87. The lowest BCUT2D eigenvalue weighted by Crippen LogP contribution is -2.17. The van der Waals surface area contributed by atoms with E-state index in [1.807, 2.05) is 11.3 Å². The van der Waals surface area contributed by atoms with E-state index in [-0.39, 0.29) is 0 Å². The molecule has 0 bridgehead atoms. The van der Waals surface area contributed by atoms with E-state index < -0.39 is 0 Å². The number of thiophene rings is 1. The summed E-state index contributed by atoms with van der Waals surface area (Å²) in [5.74, 6) is 0. The molecule has 0 saturated carbocycles. The predicted molar refractivity (Wildman–Crippen MR) is 65.6 cm³/mol. The van der Waals surface area contributed by atoms with Crippen LogP contribution < -0.4 is 5.32 Å². The molecule has 1 unspecified atom stereocenters. The van der Waals surface area contributed by atoms with Gasteiger partial charge in [0.15, 0.2) is 0 Å². The summed E-state index contributed by atoms with van der Waals surface area (Å²) in [5, 5.41) is 5.73. The summed E-state index contributed by atoms with van der Waals surface area (Å²) in [5.41, 5.74) is 2.78. The van der Waals surface area contributed by atoms with E-state index in [0.29, 0.717) is 6.04 Å². The van der Waals surface area contributed by atoms with E-state index in [4.69, 9.17) is 0 Å². The van der Waals surface area contributed by atoms with Crippen LogP contribution >= 0.6 is 11.3 Å². The van der Waals surface area contributed by atoms with Gasteiger partial charge in [0.1, 0.15) is 0 Å². The third kappa shape index (κ3) is 1.77. The van der Waals surface area contributed by atoms with Crippen LogP contribution in [0.15, 0.2) is 41.8 Å².